The minimum Gasteiger partial charge on any atom is -0.488 e. The molecule has 0 heterocycles. The molecular formula is C22H30O2. The molecule has 0 radical (unpaired) electrons. The molecule has 2 aromatic rings. The normalized spacial score (nSPS) is 12.4. The van der Waals surface area contributed by atoms with Gasteiger partial charge in [0.15, 0.2) is 5.78 Å². The molecule has 2 rings (SSSR count). The highest BCUT2D eigenvalue weighted by molar-refractivity contribution is 6.03. The maximum absolute atomic E-state index is 12.8. The zero-order valence-electron chi connectivity index (χ0n) is 15.9. The van der Waals surface area contributed by atoms with Gasteiger partial charge in [0.05, 0.1) is 0 Å². The van der Waals surface area contributed by atoms with Crippen molar-refractivity contribution in [3.8, 4) is 5.75 Å². The highest BCUT2D eigenvalue weighted by Gasteiger charge is 2.30. The van der Waals surface area contributed by atoms with Crippen molar-refractivity contribution >= 4 is 16.6 Å². The fraction of sp³-hybridized carbons (Fsp3) is 0.500. The van der Waals surface area contributed by atoms with Gasteiger partial charge in [0.25, 0.3) is 0 Å². The molecular weight excluding hydrogens is 296 g/mol. The summed E-state index contributed by atoms with van der Waals surface area (Å²) in [5.74, 6) is 1.11. The van der Waals surface area contributed by atoms with Crippen LogP contribution in [0.5, 0.6) is 5.75 Å². The molecule has 24 heavy (non-hydrogen) atoms. The summed E-state index contributed by atoms with van der Waals surface area (Å²) >= 11 is 0. The first-order valence-corrected chi connectivity index (χ1v) is 9.02. The maximum atomic E-state index is 12.8. The molecule has 0 aromatic heterocycles. The maximum Gasteiger partial charge on any atom is 0.168 e. The molecule has 0 spiro atoms. The van der Waals surface area contributed by atoms with Crippen molar-refractivity contribution in [1.29, 1.82) is 0 Å². The van der Waals surface area contributed by atoms with Gasteiger partial charge in [-0.3, -0.25) is 4.79 Å². The summed E-state index contributed by atoms with van der Waals surface area (Å²) in [5.41, 5.74) is 0.353. The third kappa shape index (κ3) is 3.80. The number of carbonyl (C=O) groups is 1. The predicted molar refractivity (Wildman–Crippen MR) is 102 cm³/mol. The van der Waals surface area contributed by atoms with Gasteiger partial charge in [-0.25, -0.2) is 0 Å². The van der Waals surface area contributed by atoms with E-state index in [2.05, 4.69) is 47.6 Å². The number of hydrogen-bond acceptors (Lipinski definition) is 2. The molecule has 0 saturated carbocycles. The minimum atomic E-state index is -0.276. The van der Waals surface area contributed by atoms with E-state index in [9.17, 15) is 4.79 Å². The second kappa shape index (κ2) is 6.96. The van der Waals surface area contributed by atoms with Crippen LogP contribution in [0.15, 0.2) is 36.4 Å². The number of hydrogen-bond donors (Lipinski definition) is 0. The summed E-state index contributed by atoms with van der Waals surface area (Å²) in [6.45, 7) is 12.5. The quantitative estimate of drug-likeness (QED) is 0.549. The van der Waals surface area contributed by atoms with Crippen LogP contribution in [0.2, 0.25) is 0 Å². The first-order chi connectivity index (χ1) is 11.2. The Morgan fingerprint density at radius 2 is 1.46 bits per heavy atom. The zero-order chi connectivity index (χ0) is 18.0. The molecule has 0 unspecified atom stereocenters. The molecule has 0 fully saturated rings. The van der Waals surface area contributed by atoms with Crippen LogP contribution >= 0.6 is 0 Å². The zero-order valence-corrected chi connectivity index (χ0v) is 15.9. The van der Waals surface area contributed by atoms with Gasteiger partial charge < -0.3 is 4.74 Å². The molecule has 0 aliphatic heterocycles. The molecule has 0 bridgehead atoms. The first kappa shape index (κ1) is 18.5. The van der Waals surface area contributed by atoms with Gasteiger partial charge in [-0.05, 0) is 62.1 Å². The van der Waals surface area contributed by atoms with Crippen LogP contribution in [-0.2, 0) is 0 Å². The van der Waals surface area contributed by atoms with Crippen LogP contribution in [0.4, 0.5) is 0 Å². The monoisotopic (exact) mass is 326 g/mol. The summed E-state index contributed by atoms with van der Waals surface area (Å²) < 4.78 is 6.06. The van der Waals surface area contributed by atoms with E-state index in [0.717, 1.165) is 41.3 Å². The largest absolute Gasteiger partial charge is 0.488 e. The van der Waals surface area contributed by atoms with E-state index in [0.29, 0.717) is 0 Å². The molecule has 0 amide bonds. The lowest BCUT2D eigenvalue weighted by molar-refractivity contribution is 0.0803. The summed E-state index contributed by atoms with van der Waals surface area (Å²) in [7, 11) is 0. The predicted octanol–water partition coefficient (Wildman–Crippen LogP) is 6.42. The third-order valence-corrected chi connectivity index (χ3v) is 5.43. The SMILES string of the molecule is CCC(C)(C)Oc1ccc2cc(C(=O)C(C)(CC)CC)ccc2c1. The second-order valence-corrected chi connectivity index (χ2v) is 7.54. The van der Waals surface area contributed by atoms with Crippen molar-refractivity contribution in [2.45, 2.75) is 66.4 Å². The Morgan fingerprint density at radius 1 is 0.875 bits per heavy atom. The fourth-order valence-corrected chi connectivity index (χ4v) is 2.74. The van der Waals surface area contributed by atoms with Crippen molar-refractivity contribution < 1.29 is 9.53 Å². The van der Waals surface area contributed by atoms with Crippen molar-refractivity contribution in [1.82, 2.24) is 0 Å². The molecule has 2 nitrogen and oxygen atoms in total. The van der Waals surface area contributed by atoms with Crippen LogP contribution in [0, 0.1) is 5.41 Å². The van der Waals surface area contributed by atoms with Crippen LogP contribution in [0.3, 0.4) is 0 Å². The number of rotatable bonds is 7. The Labute approximate surface area is 146 Å². The van der Waals surface area contributed by atoms with E-state index >= 15 is 0 Å². The number of fused-ring (bicyclic) bond motifs is 1. The van der Waals surface area contributed by atoms with Gasteiger partial charge in [0.2, 0.25) is 0 Å². The van der Waals surface area contributed by atoms with Gasteiger partial charge in [-0.15, -0.1) is 0 Å². The molecule has 2 heteroatoms. The lowest BCUT2D eigenvalue weighted by Crippen LogP contribution is -2.26. The Kier molecular flexibility index (Phi) is 5.37. The van der Waals surface area contributed by atoms with Crippen LogP contribution < -0.4 is 4.74 Å². The van der Waals surface area contributed by atoms with E-state index < -0.39 is 0 Å². The molecule has 0 aliphatic rings. The fourth-order valence-electron chi connectivity index (χ4n) is 2.74. The number of ether oxygens (including phenoxy) is 1. The Bertz CT molecular complexity index is 724. The Hall–Kier alpha value is -1.83. The van der Waals surface area contributed by atoms with E-state index in [1.54, 1.807) is 0 Å². The second-order valence-electron chi connectivity index (χ2n) is 7.54. The van der Waals surface area contributed by atoms with Crippen LogP contribution in [0.25, 0.3) is 10.8 Å². The average Bonchev–Trinajstić information content (AvgIpc) is 2.59. The summed E-state index contributed by atoms with van der Waals surface area (Å²) in [5, 5.41) is 2.18. The number of ketones is 1. The Balaban J connectivity index is 2.35. The Morgan fingerprint density at radius 3 is 2.04 bits per heavy atom. The topological polar surface area (TPSA) is 26.3 Å². The van der Waals surface area contributed by atoms with Crippen molar-refractivity contribution in [3.63, 3.8) is 0 Å². The van der Waals surface area contributed by atoms with Crippen molar-refractivity contribution in [2.75, 3.05) is 0 Å². The molecule has 2 aromatic carbocycles. The summed E-state index contributed by atoms with van der Waals surface area (Å²) in [4.78, 5) is 12.8. The van der Waals surface area contributed by atoms with Gasteiger partial charge in [-0.2, -0.15) is 0 Å². The van der Waals surface area contributed by atoms with Crippen molar-refractivity contribution in [2.24, 2.45) is 5.41 Å². The third-order valence-electron chi connectivity index (χ3n) is 5.43. The standard InChI is InChI=1S/C22H30O2/c1-7-21(4,5)24-19-13-12-16-14-18(11-10-17(16)15-19)20(23)22(6,8-2)9-3/h10-15H,7-9H2,1-6H3. The van der Waals surface area contributed by atoms with Crippen molar-refractivity contribution in [3.05, 3.63) is 42.0 Å². The highest BCUT2D eigenvalue weighted by atomic mass is 16.5. The molecule has 0 aliphatic carbocycles. The van der Waals surface area contributed by atoms with E-state index in [-0.39, 0.29) is 16.8 Å². The first-order valence-electron chi connectivity index (χ1n) is 9.02. The van der Waals surface area contributed by atoms with Gasteiger partial charge >= 0.3 is 0 Å². The van der Waals surface area contributed by atoms with E-state index in [1.165, 1.54) is 0 Å². The highest BCUT2D eigenvalue weighted by Crippen LogP contribution is 2.32. The van der Waals surface area contributed by atoms with E-state index in [1.807, 2.05) is 30.3 Å². The van der Waals surface area contributed by atoms with Crippen LogP contribution in [0.1, 0.15) is 71.2 Å². The van der Waals surface area contributed by atoms with Gasteiger partial charge in [0, 0.05) is 11.0 Å². The molecule has 0 saturated heterocycles. The lowest BCUT2D eigenvalue weighted by atomic mass is 9.77. The number of carbonyl (C=O) groups excluding carboxylic acids is 1. The lowest BCUT2D eigenvalue weighted by Gasteiger charge is -2.25. The minimum absolute atomic E-state index is 0.173. The molecule has 0 N–H and O–H groups in total. The van der Waals surface area contributed by atoms with Gasteiger partial charge in [0.1, 0.15) is 11.4 Å². The average molecular weight is 326 g/mol. The summed E-state index contributed by atoms with van der Waals surface area (Å²) in [6, 6.07) is 12.1. The van der Waals surface area contributed by atoms with E-state index in [4.69, 9.17) is 4.74 Å². The smallest absolute Gasteiger partial charge is 0.168 e. The van der Waals surface area contributed by atoms with Gasteiger partial charge in [-0.1, -0.05) is 45.9 Å². The molecule has 0 atom stereocenters. The summed E-state index contributed by atoms with van der Waals surface area (Å²) in [6.07, 6.45) is 2.67. The van der Waals surface area contributed by atoms with Crippen LogP contribution in [-0.4, -0.2) is 11.4 Å². The number of Topliss-reactive ketones (excluding diaryl/α,β-unsaturated/α-hetero) is 1. The molecule has 130 valence electrons. The number of benzene rings is 2.